The first-order chi connectivity index (χ1) is 13.1. The lowest BCUT2D eigenvalue weighted by Gasteiger charge is -2.14. The molecule has 0 fully saturated rings. The van der Waals surface area contributed by atoms with Crippen molar-refractivity contribution in [3.8, 4) is 11.1 Å². The van der Waals surface area contributed by atoms with Crippen LogP contribution in [0, 0.1) is 0 Å². The van der Waals surface area contributed by atoms with Gasteiger partial charge in [-0.25, -0.2) is 4.98 Å². The Labute approximate surface area is 163 Å². The Morgan fingerprint density at radius 1 is 1.26 bits per heavy atom. The number of benzene rings is 1. The molecule has 6 heteroatoms. The molecule has 5 nitrogen and oxygen atoms in total. The summed E-state index contributed by atoms with van der Waals surface area (Å²) < 4.78 is 1.40. The fourth-order valence-corrected chi connectivity index (χ4v) is 4.06. The molecule has 0 saturated carbocycles. The SMILES string of the molecule is CCCCCC(C)NC(=O)Cn1cnc2scc(-c3ccccc3)c2c1=O. The van der Waals surface area contributed by atoms with Crippen molar-refractivity contribution in [3.05, 3.63) is 52.4 Å². The molecule has 0 aliphatic rings. The van der Waals surface area contributed by atoms with E-state index in [1.165, 1.54) is 28.7 Å². The van der Waals surface area contributed by atoms with Crippen LogP contribution in [0.15, 0.2) is 46.8 Å². The number of hydrogen-bond donors (Lipinski definition) is 1. The average molecular weight is 384 g/mol. The molecule has 142 valence electrons. The Kier molecular flexibility index (Phi) is 6.40. The van der Waals surface area contributed by atoms with Gasteiger partial charge in [-0.2, -0.15) is 0 Å². The van der Waals surface area contributed by atoms with Gasteiger partial charge in [0.1, 0.15) is 11.4 Å². The number of carbonyl (C=O) groups is 1. The maximum absolute atomic E-state index is 13.0. The Balaban J connectivity index is 1.79. The van der Waals surface area contributed by atoms with Crippen LogP contribution < -0.4 is 10.9 Å². The zero-order valence-corrected chi connectivity index (χ0v) is 16.6. The summed E-state index contributed by atoms with van der Waals surface area (Å²) >= 11 is 1.45. The fourth-order valence-electron chi connectivity index (χ4n) is 3.16. The average Bonchev–Trinajstić information content (AvgIpc) is 3.10. The van der Waals surface area contributed by atoms with Crippen LogP contribution in [-0.2, 0) is 11.3 Å². The van der Waals surface area contributed by atoms with Crippen LogP contribution in [0.25, 0.3) is 21.3 Å². The number of rotatable bonds is 8. The lowest BCUT2D eigenvalue weighted by Crippen LogP contribution is -2.37. The number of unbranched alkanes of at least 4 members (excludes halogenated alkanes) is 2. The van der Waals surface area contributed by atoms with Crippen molar-refractivity contribution < 1.29 is 4.79 Å². The Morgan fingerprint density at radius 2 is 2.04 bits per heavy atom. The van der Waals surface area contributed by atoms with Gasteiger partial charge in [0.25, 0.3) is 5.56 Å². The van der Waals surface area contributed by atoms with E-state index in [1.54, 1.807) is 0 Å². The van der Waals surface area contributed by atoms with E-state index in [-0.39, 0.29) is 24.1 Å². The van der Waals surface area contributed by atoms with Gasteiger partial charge in [-0.3, -0.25) is 14.2 Å². The standard InChI is InChI=1S/C21H25N3O2S/c1-3-4-6-9-15(2)23-18(25)12-24-14-22-20-19(21(24)26)17(13-27-20)16-10-7-5-8-11-16/h5,7-8,10-11,13-15H,3-4,6,9,12H2,1-2H3,(H,23,25). The summed E-state index contributed by atoms with van der Waals surface area (Å²) in [5.74, 6) is -0.154. The zero-order chi connectivity index (χ0) is 19.2. The zero-order valence-electron chi connectivity index (χ0n) is 15.8. The predicted molar refractivity (Wildman–Crippen MR) is 111 cm³/mol. The first-order valence-electron chi connectivity index (χ1n) is 9.41. The highest BCUT2D eigenvalue weighted by atomic mass is 32.1. The highest BCUT2D eigenvalue weighted by Gasteiger charge is 2.15. The number of thiophene rings is 1. The highest BCUT2D eigenvalue weighted by molar-refractivity contribution is 7.17. The molecule has 2 heterocycles. The van der Waals surface area contributed by atoms with Crippen LogP contribution in [0.2, 0.25) is 0 Å². The largest absolute Gasteiger partial charge is 0.352 e. The summed E-state index contributed by atoms with van der Waals surface area (Å²) in [6, 6.07) is 9.90. The van der Waals surface area contributed by atoms with E-state index in [0.29, 0.717) is 10.2 Å². The minimum absolute atomic E-state index is 0.00995. The second-order valence-electron chi connectivity index (χ2n) is 6.84. The van der Waals surface area contributed by atoms with Gasteiger partial charge in [-0.05, 0) is 18.9 Å². The second kappa shape index (κ2) is 8.95. The first-order valence-corrected chi connectivity index (χ1v) is 10.3. The van der Waals surface area contributed by atoms with Crippen molar-refractivity contribution in [2.24, 2.45) is 0 Å². The second-order valence-corrected chi connectivity index (χ2v) is 7.70. The van der Waals surface area contributed by atoms with Crippen LogP contribution in [0.4, 0.5) is 0 Å². The summed E-state index contributed by atoms with van der Waals surface area (Å²) in [6.07, 6.45) is 5.85. The van der Waals surface area contributed by atoms with Gasteiger partial charge in [0.05, 0.1) is 11.7 Å². The van der Waals surface area contributed by atoms with Gasteiger partial charge in [-0.15, -0.1) is 11.3 Å². The molecule has 0 radical (unpaired) electrons. The summed E-state index contributed by atoms with van der Waals surface area (Å²) in [5, 5.41) is 5.51. The lowest BCUT2D eigenvalue weighted by molar-refractivity contribution is -0.122. The van der Waals surface area contributed by atoms with Crippen molar-refractivity contribution >= 4 is 27.5 Å². The quantitative estimate of drug-likeness (QED) is 0.593. The number of nitrogens with zero attached hydrogens (tertiary/aromatic N) is 2. The number of fused-ring (bicyclic) bond motifs is 1. The molecule has 3 rings (SSSR count). The van der Waals surface area contributed by atoms with E-state index in [9.17, 15) is 9.59 Å². The lowest BCUT2D eigenvalue weighted by atomic mass is 10.1. The molecule has 0 saturated heterocycles. The highest BCUT2D eigenvalue weighted by Crippen LogP contribution is 2.30. The molecule has 27 heavy (non-hydrogen) atoms. The van der Waals surface area contributed by atoms with E-state index < -0.39 is 0 Å². The van der Waals surface area contributed by atoms with Crippen molar-refractivity contribution in [2.45, 2.75) is 52.1 Å². The van der Waals surface area contributed by atoms with Gasteiger partial charge in [0.2, 0.25) is 5.91 Å². The van der Waals surface area contributed by atoms with Gasteiger partial charge in [0.15, 0.2) is 0 Å². The Hall–Kier alpha value is -2.47. The predicted octanol–water partition coefficient (Wildman–Crippen LogP) is 4.21. The molecule has 1 amide bonds. The molecular weight excluding hydrogens is 358 g/mol. The van der Waals surface area contributed by atoms with Crippen molar-refractivity contribution in [1.29, 1.82) is 0 Å². The number of hydrogen-bond acceptors (Lipinski definition) is 4. The Morgan fingerprint density at radius 3 is 2.78 bits per heavy atom. The van der Waals surface area contributed by atoms with E-state index >= 15 is 0 Å². The van der Waals surface area contributed by atoms with Crippen molar-refractivity contribution in [2.75, 3.05) is 0 Å². The van der Waals surface area contributed by atoms with E-state index in [1.807, 2.05) is 42.6 Å². The normalized spacial score (nSPS) is 12.2. The summed E-state index contributed by atoms with van der Waals surface area (Å²) in [6.45, 7) is 4.15. The molecule has 0 aliphatic carbocycles. The number of carbonyl (C=O) groups excluding carboxylic acids is 1. The number of aromatic nitrogens is 2. The van der Waals surface area contributed by atoms with E-state index in [2.05, 4.69) is 17.2 Å². The van der Waals surface area contributed by atoms with Gasteiger partial charge >= 0.3 is 0 Å². The maximum Gasteiger partial charge on any atom is 0.263 e. The summed E-state index contributed by atoms with van der Waals surface area (Å²) in [5.41, 5.74) is 1.68. The molecule has 1 unspecified atom stereocenters. The topological polar surface area (TPSA) is 64.0 Å². The molecule has 0 spiro atoms. The van der Waals surface area contributed by atoms with Crippen LogP contribution in [0.1, 0.15) is 39.5 Å². The van der Waals surface area contributed by atoms with Crippen molar-refractivity contribution in [3.63, 3.8) is 0 Å². The fraction of sp³-hybridized carbons (Fsp3) is 0.381. The molecule has 1 atom stereocenters. The molecule has 1 aromatic carbocycles. The molecule has 0 bridgehead atoms. The number of nitrogens with one attached hydrogen (secondary N) is 1. The third-order valence-corrected chi connectivity index (χ3v) is 5.49. The first kappa shape index (κ1) is 19.3. The van der Waals surface area contributed by atoms with Crippen LogP contribution in [0.5, 0.6) is 0 Å². The molecule has 2 aromatic heterocycles. The van der Waals surface area contributed by atoms with Crippen LogP contribution >= 0.6 is 11.3 Å². The minimum Gasteiger partial charge on any atom is -0.352 e. The minimum atomic E-state index is -0.172. The van der Waals surface area contributed by atoms with Gasteiger partial charge < -0.3 is 5.32 Å². The smallest absolute Gasteiger partial charge is 0.263 e. The van der Waals surface area contributed by atoms with Crippen molar-refractivity contribution in [1.82, 2.24) is 14.9 Å². The number of amides is 1. The van der Waals surface area contributed by atoms with E-state index in [0.717, 1.165) is 30.4 Å². The third-order valence-electron chi connectivity index (χ3n) is 4.61. The monoisotopic (exact) mass is 383 g/mol. The summed E-state index contributed by atoms with van der Waals surface area (Å²) in [7, 11) is 0. The van der Waals surface area contributed by atoms with E-state index in [4.69, 9.17) is 0 Å². The molecule has 1 N–H and O–H groups in total. The van der Waals surface area contributed by atoms with Crippen LogP contribution in [0.3, 0.4) is 0 Å². The Bertz CT molecular complexity index is 962. The maximum atomic E-state index is 13.0. The van der Waals surface area contributed by atoms with Gasteiger partial charge in [0, 0.05) is 17.0 Å². The van der Waals surface area contributed by atoms with Crippen LogP contribution in [-0.4, -0.2) is 21.5 Å². The molecule has 3 aromatic rings. The molecular formula is C21H25N3O2S. The molecule has 0 aliphatic heterocycles. The van der Waals surface area contributed by atoms with Gasteiger partial charge in [-0.1, -0.05) is 56.5 Å². The summed E-state index contributed by atoms with van der Waals surface area (Å²) in [4.78, 5) is 30.4. The third kappa shape index (κ3) is 4.63.